The molecule has 0 spiro atoms. The molecule has 0 radical (unpaired) electrons. The van der Waals surface area contributed by atoms with Gasteiger partial charge in [0.1, 0.15) is 11.2 Å². The van der Waals surface area contributed by atoms with Crippen LogP contribution < -0.4 is 9.80 Å². The summed E-state index contributed by atoms with van der Waals surface area (Å²) >= 11 is 0. The first-order valence-corrected chi connectivity index (χ1v) is 37.8. The van der Waals surface area contributed by atoms with Crippen LogP contribution in [-0.4, -0.2) is 9.13 Å². The van der Waals surface area contributed by atoms with E-state index in [2.05, 4.69) is 341 Å². The van der Waals surface area contributed by atoms with Crippen molar-refractivity contribution in [1.82, 2.24) is 9.13 Å². The van der Waals surface area contributed by atoms with Gasteiger partial charge < -0.3 is 23.4 Å². The van der Waals surface area contributed by atoms with Gasteiger partial charge in [0, 0.05) is 71.7 Å². The lowest BCUT2D eigenvalue weighted by atomic mass is 9.73. The Labute approximate surface area is 652 Å². The maximum atomic E-state index is 10.3. The Balaban J connectivity index is 1.02. The Bertz CT molecular complexity index is 7330. The summed E-state index contributed by atoms with van der Waals surface area (Å²) in [5.41, 5.74) is 25.8. The highest BCUT2D eigenvalue weighted by Gasteiger charge is 2.45. The first-order chi connectivity index (χ1) is 57.2. The molecule has 19 aromatic rings. The van der Waals surface area contributed by atoms with Gasteiger partial charge in [0.15, 0.2) is 0 Å². The minimum atomic E-state index is -0.583. The van der Waals surface area contributed by atoms with Crippen molar-refractivity contribution < 1.29 is 15.4 Å². The molecule has 0 aliphatic carbocycles. The van der Waals surface area contributed by atoms with Crippen LogP contribution >= 0.6 is 0 Å². The Hall–Kier alpha value is -13.5. The van der Waals surface area contributed by atoms with Crippen LogP contribution in [0.1, 0.15) is 86.2 Å². The Morgan fingerprint density at radius 2 is 0.791 bits per heavy atom. The second-order valence-electron chi connectivity index (χ2n) is 31.3. The third-order valence-electron chi connectivity index (χ3n) is 22.8. The predicted octanol–water partition coefficient (Wildman–Crippen LogP) is 29.1. The maximum Gasteiger partial charge on any atom is 0.136 e. The van der Waals surface area contributed by atoms with Crippen LogP contribution in [0, 0.1) is 0 Å². The number of rotatable bonds is 10. The number of benzene rings is 16. The van der Waals surface area contributed by atoms with E-state index in [4.69, 9.17) is 4.42 Å². The van der Waals surface area contributed by atoms with Crippen LogP contribution in [0.2, 0.25) is 0 Å². The van der Waals surface area contributed by atoms with Gasteiger partial charge in [0.2, 0.25) is 0 Å². The van der Waals surface area contributed by atoms with Gasteiger partial charge in [0.05, 0.1) is 72.8 Å². The SMILES string of the molecule is [2H]c1c([2H])c([2H])c2c(c1[2H])c1c([2H])c([2H])c([2H])c([2H])c1n2-c1cc2c3c(c1)N(c1c(-c4ccccc4)cc4c(c1-c1ccccc1)c1ccccc1n4-c1ccccc1)c1cc(C(C)(C)C)ccc1C3c1cc(-c3cc(-c4ccccc4)cc(C(C)(C)C)c3)ccc1N2c1c(-c2ccccc2)cc2oc3ccccc3c2c1-c1ccccc1. The van der Waals surface area contributed by atoms with Gasteiger partial charge in [-0.05, 0) is 162 Å². The molecule has 1 unspecified atom stereocenters. The van der Waals surface area contributed by atoms with E-state index in [0.29, 0.717) is 22.6 Å². The van der Waals surface area contributed by atoms with Crippen LogP contribution in [0.15, 0.2) is 362 Å². The number of fused-ring (bicyclic) bond motifs is 13. The van der Waals surface area contributed by atoms with Gasteiger partial charge in [-0.2, -0.15) is 0 Å². The van der Waals surface area contributed by atoms with Crippen molar-refractivity contribution in [3.05, 3.63) is 386 Å². The molecule has 0 saturated heterocycles. The molecule has 1 atom stereocenters. The first kappa shape index (κ1) is 56.8. The molecular weight excluding hydrogens is 1330 g/mol. The lowest BCUT2D eigenvalue weighted by Crippen LogP contribution is -2.31. The predicted molar refractivity (Wildman–Crippen MR) is 463 cm³/mol. The van der Waals surface area contributed by atoms with E-state index < -0.39 is 59.7 Å². The zero-order valence-electron chi connectivity index (χ0n) is 69.7. The molecule has 5 heterocycles. The summed E-state index contributed by atoms with van der Waals surface area (Å²) < 4.78 is 89.9. The molecule has 5 heteroatoms. The average molecular weight is 1420 g/mol. The molecule has 0 amide bonds. The zero-order chi connectivity index (χ0) is 80.6. The van der Waals surface area contributed by atoms with Gasteiger partial charge in [0.25, 0.3) is 0 Å². The van der Waals surface area contributed by atoms with Crippen molar-refractivity contribution in [2.24, 2.45) is 0 Å². The lowest BCUT2D eigenvalue weighted by molar-refractivity contribution is 0.590. The first-order valence-electron chi connectivity index (χ1n) is 41.8. The number of aromatic nitrogens is 2. The quantitative estimate of drug-likeness (QED) is 0.137. The van der Waals surface area contributed by atoms with Crippen LogP contribution in [-0.2, 0) is 10.8 Å². The van der Waals surface area contributed by atoms with Crippen LogP contribution in [0.25, 0.3) is 144 Å². The van der Waals surface area contributed by atoms with E-state index in [-0.39, 0.29) is 27.2 Å². The number of nitrogens with zero attached hydrogens (tertiary/aromatic N) is 4. The summed E-state index contributed by atoms with van der Waals surface area (Å²) in [6.07, 6.45) is 0. The number of anilines is 6. The molecule has 2 aliphatic heterocycles. The monoisotopic (exact) mass is 1420 g/mol. The maximum absolute atomic E-state index is 10.3. The van der Waals surface area contributed by atoms with Crippen LogP contribution in [0.5, 0.6) is 0 Å². The third-order valence-corrected chi connectivity index (χ3v) is 22.8. The summed E-state index contributed by atoms with van der Waals surface area (Å²) in [5.74, 6) is -0.583. The standard InChI is InChI=1S/C105H78N4O/c1-104(2,3)74-54-55-81-90(61-74)109(102-83(67-35-15-8-16-36-67)64-93-99(96(102)69-39-19-10-20-40-69)80-47-27-31-51-88(80)106(93)76-43-23-12-24-44-76)92-63-77(107-86-49-29-25-45-78(86)79-46-26-30-50-87(79)107)62-91-101(92)98(81)85-60-71(73-57-72(66-33-13-7-14-34-66)58-75(59-73)105(4,5)6)53-56-89(85)108(91)103-84(68-37-17-9-18-38-68)65-95-100(82-48-28-32-52-94(82)110-95)97(103)70-41-21-11-22-42-70/h7-65,98H,1-6H3/i25D,26D,29D,30D,45D,46D,49D,50D. The van der Waals surface area contributed by atoms with E-state index in [1.165, 1.54) is 5.56 Å². The van der Waals surface area contributed by atoms with E-state index in [9.17, 15) is 11.0 Å². The topological polar surface area (TPSA) is 29.5 Å². The Morgan fingerprint density at radius 1 is 0.300 bits per heavy atom. The normalized spacial score (nSPS) is 14.4. The Kier molecular flexibility index (Phi) is 12.9. The molecule has 110 heavy (non-hydrogen) atoms. The molecule has 16 aromatic carbocycles. The number of hydrogen-bond acceptors (Lipinski definition) is 3. The summed E-state index contributed by atoms with van der Waals surface area (Å²) in [6, 6.07) is 107. The van der Waals surface area contributed by atoms with E-state index in [0.717, 1.165) is 156 Å². The van der Waals surface area contributed by atoms with Gasteiger partial charge in [-0.1, -0.05) is 314 Å². The van der Waals surface area contributed by atoms with Crippen LogP contribution in [0.3, 0.4) is 0 Å². The average Bonchev–Trinajstić information content (AvgIpc) is 1.08. The smallest absolute Gasteiger partial charge is 0.136 e. The summed E-state index contributed by atoms with van der Waals surface area (Å²) in [6.45, 7) is 13.6. The third kappa shape index (κ3) is 10.2. The molecule has 21 rings (SSSR count). The van der Waals surface area contributed by atoms with Gasteiger partial charge in [-0.25, -0.2) is 0 Å². The summed E-state index contributed by atoms with van der Waals surface area (Å²) in [7, 11) is 0. The fourth-order valence-electron chi connectivity index (χ4n) is 17.7. The molecule has 2 aliphatic rings. The molecule has 0 saturated carbocycles. The van der Waals surface area contributed by atoms with E-state index >= 15 is 0 Å². The minimum Gasteiger partial charge on any atom is -0.456 e. The van der Waals surface area contributed by atoms with Gasteiger partial charge in [-0.15, -0.1) is 0 Å². The summed E-state index contributed by atoms with van der Waals surface area (Å²) in [4.78, 5) is 4.94. The Morgan fingerprint density at radius 3 is 1.39 bits per heavy atom. The molecule has 0 bridgehead atoms. The van der Waals surface area contributed by atoms with Gasteiger partial charge in [-0.3, -0.25) is 0 Å². The molecule has 5 nitrogen and oxygen atoms in total. The minimum absolute atomic E-state index is 0.000523. The fraction of sp³-hybridized carbons (Fsp3) is 0.0857. The lowest BCUT2D eigenvalue weighted by Gasteiger charge is -2.47. The largest absolute Gasteiger partial charge is 0.456 e. The molecular formula is C105H78N4O. The second-order valence-corrected chi connectivity index (χ2v) is 31.3. The van der Waals surface area contributed by atoms with Crippen molar-refractivity contribution in [3.63, 3.8) is 0 Å². The highest BCUT2D eigenvalue weighted by molar-refractivity contribution is 6.24. The van der Waals surface area contributed by atoms with Crippen molar-refractivity contribution in [3.8, 4) is 78.1 Å². The number of para-hydroxylation sites is 5. The molecule has 0 fully saturated rings. The van der Waals surface area contributed by atoms with E-state index in [1.807, 2.05) is 24.3 Å². The highest BCUT2D eigenvalue weighted by atomic mass is 16.3. The molecule has 3 aromatic heterocycles. The number of furan rings is 1. The molecule has 524 valence electrons. The second kappa shape index (κ2) is 25.1. The van der Waals surface area contributed by atoms with Crippen molar-refractivity contribution in [2.45, 2.75) is 58.3 Å². The zero-order valence-corrected chi connectivity index (χ0v) is 61.7. The van der Waals surface area contributed by atoms with Crippen molar-refractivity contribution >= 4 is 99.7 Å². The van der Waals surface area contributed by atoms with Crippen LogP contribution in [0.4, 0.5) is 34.1 Å². The van der Waals surface area contributed by atoms with Gasteiger partial charge >= 0.3 is 0 Å². The fourth-order valence-corrected chi connectivity index (χ4v) is 17.7. The van der Waals surface area contributed by atoms with Crippen molar-refractivity contribution in [1.29, 1.82) is 0 Å². The highest BCUT2D eigenvalue weighted by Crippen LogP contribution is 2.66. The summed E-state index contributed by atoms with van der Waals surface area (Å²) in [5, 5.41) is 3.81. The van der Waals surface area contributed by atoms with Crippen molar-refractivity contribution in [2.75, 3.05) is 9.80 Å². The van der Waals surface area contributed by atoms with E-state index in [1.54, 1.807) is 4.57 Å². The number of hydrogen-bond donors (Lipinski definition) is 0. The molecule has 0 N–H and O–H groups in total.